The maximum atomic E-state index is 12.3. The van der Waals surface area contributed by atoms with E-state index in [1.807, 2.05) is 30.3 Å². The highest BCUT2D eigenvalue weighted by Crippen LogP contribution is 2.09. The van der Waals surface area contributed by atoms with Crippen LogP contribution in [0.2, 0.25) is 0 Å². The van der Waals surface area contributed by atoms with Crippen LogP contribution in [0.5, 0.6) is 0 Å². The molecule has 0 saturated carbocycles. The summed E-state index contributed by atoms with van der Waals surface area (Å²) in [5.41, 5.74) is 0.363. The van der Waals surface area contributed by atoms with Crippen molar-refractivity contribution in [1.82, 2.24) is 15.1 Å². The summed E-state index contributed by atoms with van der Waals surface area (Å²) >= 11 is 0. The summed E-state index contributed by atoms with van der Waals surface area (Å²) in [4.78, 5) is 39.3. The highest BCUT2D eigenvalue weighted by molar-refractivity contribution is 5.77. The zero-order chi connectivity index (χ0) is 20.6. The Morgan fingerprint density at radius 2 is 1.61 bits per heavy atom. The van der Waals surface area contributed by atoms with Gasteiger partial charge < -0.3 is 24.6 Å². The second kappa shape index (κ2) is 9.96. The molecular weight excluding hydrogens is 362 g/mol. The largest absolute Gasteiger partial charge is 0.445 e. The molecule has 8 nitrogen and oxygen atoms in total. The summed E-state index contributed by atoms with van der Waals surface area (Å²) in [6.45, 7) is 7.55. The Bertz CT molecular complexity index is 664. The van der Waals surface area contributed by atoms with Crippen LogP contribution in [0.1, 0.15) is 32.8 Å². The Morgan fingerprint density at radius 3 is 2.21 bits per heavy atom. The molecule has 3 amide bonds. The lowest BCUT2D eigenvalue weighted by atomic mass is 10.2. The van der Waals surface area contributed by atoms with Crippen molar-refractivity contribution < 1.29 is 23.9 Å². The van der Waals surface area contributed by atoms with E-state index >= 15 is 0 Å². The molecule has 0 aliphatic carbocycles. The van der Waals surface area contributed by atoms with Crippen molar-refractivity contribution >= 4 is 18.1 Å². The number of nitrogens with one attached hydrogen (secondary N) is 1. The summed E-state index contributed by atoms with van der Waals surface area (Å²) in [6.07, 6.45) is -0.716. The number of nitrogens with zero attached hydrogens (tertiary/aromatic N) is 2. The van der Waals surface area contributed by atoms with Gasteiger partial charge in [-0.25, -0.2) is 9.59 Å². The van der Waals surface area contributed by atoms with Gasteiger partial charge in [0.15, 0.2) is 0 Å². The molecule has 154 valence electrons. The molecule has 0 unspecified atom stereocenters. The highest BCUT2D eigenvalue weighted by Gasteiger charge is 2.25. The number of hydrogen-bond donors (Lipinski definition) is 1. The number of alkyl carbamates (subject to hydrolysis) is 1. The monoisotopic (exact) mass is 391 g/mol. The molecular formula is C20H29N3O5. The van der Waals surface area contributed by atoms with Crippen LogP contribution in [-0.4, -0.2) is 66.2 Å². The van der Waals surface area contributed by atoms with Crippen molar-refractivity contribution in [3.63, 3.8) is 0 Å². The van der Waals surface area contributed by atoms with Gasteiger partial charge in [-0.2, -0.15) is 0 Å². The van der Waals surface area contributed by atoms with Gasteiger partial charge in [0.25, 0.3) is 0 Å². The first-order valence-electron chi connectivity index (χ1n) is 9.45. The SMILES string of the molecule is CC(C)(C)OC(=O)NCCC(=O)N1CCN(C(=O)OCc2ccccc2)CC1. The molecule has 1 aromatic carbocycles. The molecule has 8 heteroatoms. The third-order valence-corrected chi connectivity index (χ3v) is 4.10. The third-order valence-electron chi connectivity index (χ3n) is 4.10. The minimum atomic E-state index is -0.570. The average Bonchev–Trinajstić information content (AvgIpc) is 2.65. The van der Waals surface area contributed by atoms with Crippen LogP contribution >= 0.6 is 0 Å². The first-order chi connectivity index (χ1) is 13.2. The summed E-state index contributed by atoms with van der Waals surface area (Å²) < 4.78 is 10.4. The van der Waals surface area contributed by atoms with Crippen LogP contribution in [0.4, 0.5) is 9.59 Å². The minimum Gasteiger partial charge on any atom is -0.445 e. The van der Waals surface area contributed by atoms with E-state index in [4.69, 9.17) is 9.47 Å². The molecule has 28 heavy (non-hydrogen) atoms. The van der Waals surface area contributed by atoms with Gasteiger partial charge in [-0.05, 0) is 26.3 Å². The van der Waals surface area contributed by atoms with E-state index in [9.17, 15) is 14.4 Å². The molecule has 1 fully saturated rings. The van der Waals surface area contributed by atoms with Gasteiger partial charge in [0, 0.05) is 39.1 Å². The van der Waals surface area contributed by atoms with Gasteiger partial charge in [0.05, 0.1) is 0 Å². The van der Waals surface area contributed by atoms with E-state index in [1.165, 1.54) is 0 Å². The van der Waals surface area contributed by atoms with Crippen LogP contribution in [-0.2, 0) is 20.9 Å². The Balaban J connectivity index is 1.64. The summed E-state index contributed by atoms with van der Waals surface area (Å²) in [7, 11) is 0. The number of ether oxygens (including phenoxy) is 2. The standard InChI is InChI=1S/C20H29N3O5/c1-20(2,3)28-18(25)21-10-9-17(24)22-11-13-23(14-12-22)19(26)27-15-16-7-5-4-6-8-16/h4-8H,9-15H2,1-3H3,(H,21,25). The molecule has 2 rings (SSSR count). The number of rotatable bonds is 5. The van der Waals surface area contributed by atoms with Crippen molar-refractivity contribution in [2.24, 2.45) is 0 Å². The van der Waals surface area contributed by atoms with E-state index in [0.29, 0.717) is 26.2 Å². The van der Waals surface area contributed by atoms with Crippen molar-refractivity contribution in [3.8, 4) is 0 Å². The van der Waals surface area contributed by atoms with E-state index in [-0.39, 0.29) is 31.6 Å². The maximum Gasteiger partial charge on any atom is 0.410 e. The van der Waals surface area contributed by atoms with Crippen LogP contribution in [0, 0.1) is 0 Å². The molecule has 1 aliphatic rings. The van der Waals surface area contributed by atoms with Crippen LogP contribution in [0.3, 0.4) is 0 Å². The van der Waals surface area contributed by atoms with Crippen molar-refractivity contribution in [2.45, 2.75) is 39.4 Å². The van der Waals surface area contributed by atoms with Gasteiger partial charge in [-0.3, -0.25) is 4.79 Å². The summed E-state index contributed by atoms with van der Waals surface area (Å²) in [5, 5.41) is 2.58. The van der Waals surface area contributed by atoms with Crippen molar-refractivity contribution in [3.05, 3.63) is 35.9 Å². The fourth-order valence-electron chi connectivity index (χ4n) is 2.69. The van der Waals surface area contributed by atoms with Gasteiger partial charge >= 0.3 is 12.2 Å². The van der Waals surface area contributed by atoms with Gasteiger partial charge in [-0.15, -0.1) is 0 Å². The smallest absolute Gasteiger partial charge is 0.410 e. The molecule has 1 saturated heterocycles. The quantitative estimate of drug-likeness (QED) is 0.833. The van der Waals surface area contributed by atoms with Gasteiger partial charge in [-0.1, -0.05) is 30.3 Å². The number of amides is 3. The Kier molecular flexibility index (Phi) is 7.66. The zero-order valence-electron chi connectivity index (χ0n) is 16.8. The summed E-state index contributed by atoms with van der Waals surface area (Å²) in [5.74, 6) is -0.0617. The number of hydrogen-bond acceptors (Lipinski definition) is 5. The van der Waals surface area contributed by atoms with Crippen LogP contribution < -0.4 is 5.32 Å². The number of carbonyl (C=O) groups is 3. The first kappa shape index (κ1) is 21.5. The Labute approximate surface area is 165 Å². The molecule has 0 atom stereocenters. The second-order valence-corrected chi connectivity index (χ2v) is 7.59. The fraction of sp³-hybridized carbons (Fsp3) is 0.550. The molecule has 1 heterocycles. The number of benzene rings is 1. The zero-order valence-corrected chi connectivity index (χ0v) is 16.8. The van der Waals surface area contributed by atoms with Crippen LogP contribution in [0.15, 0.2) is 30.3 Å². The van der Waals surface area contributed by atoms with Crippen LogP contribution in [0.25, 0.3) is 0 Å². The molecule has 0 spiro atoms. The van der Waals surface area contributed by atoms with E-state index < -0.39 is 11.7 Å². The fourth-order valence-corrected chi connectivity index (χ4v) is 2.69. The van der Waals surface area contributed by atoms with Crippen molar-refractivity contribution in [1.29, 1.82) is 0 Å². The Hall–Kier alpha value is -2.77. The molecule has 1 aromatic rings. The number of piperazine rings is 1. The topological polar surface area (TPSA) is 88.2 Å². The average molecular weight is 391 g/mol. The summed E-state index contributed by atoms with van der Waals surface area (Å²) in [6, 6.07) is 9.49. The lowest BCUT2D eigenvalue weighted by Gasteiger charge is -2.34. The van der Waals surface area contributed by atoms with E-state index in [2.05, 4.69) is 5.32 Å². The second-order valence-electron chi connectivity index (χ2n) is 7.59. The third kappa shape index (κ3) is 7.46. The lowest BCUT2D eigenvalue weighted by molar-refractivity contribution is -0.132. The van der Waals surface area contributed by atoms with Gasteiger partial charge in [0.2, 0.25) is 5.91 Å². The molecule has 0 bridgehead atoms. The number of carbonyl (C=O) groups excluding carboxylic acids is 3. The molecule has 1 aliphatic heterocycles. The van der Waals surface area contributed by atoms with Crippen molar-refractivity contribution in [2.75, 3.05) is 32.7 Å². The lowest BCUT2D eigenvalue weighted by Crippen LogP contribution is -2.51. The Morgan fingerprint density at radius 1 is 1.00 bits per heavy atom. The predicted molar refractivity (Wildman–Crippen MR) is 104 cm³/mol. The maximum absolute atomic E-state index is 12.3. The molecule has 0 radical (unpaired) electrons. The highest BCUT2D eigenvalue weighted by atomic mass is 16.6. The van der Waals surface area contributed by atoms with E-state index in [1.54, 1.807) is 30.6 Å². The molecule has 1 N–H and O–H groups in total. The normalized spacial score (nSPS) is 14.4. The predicted octanol–water partition coefficient (Wildman–Crippen LogP) is 2.38. The molecule has 0 aromatic heterocycles. The first-order valence-corrected chi connectivity index (χ1v) is 9.45. The van der Waals surface area contributed by atoms with E-state index in [0.717, 1.165) is 5.56 Å². The minimum absolute atomic E-state index is 0.0617. The van der Waals surface area contributed by atoms with Gasteiger partial charge in [0.1, 0.15) is 12.2 Å².